The van der Waals surface area contributed by atoms with E-state index in [9.17, 15) is 4.79 Å². The third-order valence-corrected chi connectivity index (χ3v) is 7.25. The van der Waals surface area contributed by atoms with Crippen molar-refractivity contribution in [1.29, 1.82) is 0 Å². The van der Waals surface area contributed by atoms with Gasteiger partial charge < -0.3 is 4.74 Å². The molecule has 0 heterocycles. The standard InChI is InChI=1S/C16H22O2Si/c1-5-19(4,15-10-7-6-8-11-15)13-9-12-18-16(17)14(2)3/h5-8,10-11H,1-2,9,12-13H2,3-4H3. The Hall–Kier alpha value is -1.61. The van der Waals surface area contributed by atoms with Crippen molar-refractivity contribution in [2.24, 2.45) is 0 Å². The van der Waals surface area contributed by atoms with Crippen molar-refractivity contribution in [3.8, 4) is 0 Å². The van der Waals surface area contributed by atoms with Crippen LogP contribution in [0.25, 0.3) is 0 Å². The zero-order chi connectivity index (χ0) is 14.3. The van der Waals surface area contributed by atoms with Gasteiger partial charge in [0.25, 0.3) is 0 Å². The summed E-state index contributed by atoms with van der Waals surface area (Å²) in [6, 6.07) is 11.5. The molecule has 0 aliphatic carbocycles. The summed E-state index contributed by atoms with van der Waals surface area (Å²) in [4.78, 5) is 11.3. The molecule has 1 atom stereocenters. The molecule has 0 saturated heterocycles. The van der Waals surface area contributed by atoms with Crippen molar-refractivity contribution in [3.05, 3.63) is 54.8 Å². The number of hydrogen-bond acceptors (Lipinski definition) is 2. The van der Waals surface area contributed by atoms with Crippen molar-refractivity contribution in [3.63, 3.8) is 0 Å². The summed E-state index contributed by atoms with van der Waals surface area (Å²) in [5.41, 5.74) is 2.55. The highest BCUT2D eigenvalue weighted by Gasteiger charge is 2.25. The monoisotopic (exact) mass is 274 g/mol. The summed E-state index contributed by atoms with van der Waals surface area (Å²) in [5.74, 6) is -0.304. The molecule has 0 fully saturated rings. The zero-order valence-electron chi connectivity index (χ0n) is 11.8. The molecule has 0 radical (unpaired) electrons. The van der Waals surface area contributed by atoms with E-state index in [1.807, 2.05) is 6.07 Å². The molecule has 0 saturated carbocycles. The van der Waals surface area contributed by atoms with Gasteiger partial charge in [-0.2, -0.15) is 0 Å². The van der Waals surface area contributed by atoms with Crippen molar-refractivity contribution in [2.75, 3.05) is 6.61 Å². The van der Waals surface area contributed by atoms with E-state index >= 15 is 0 Å². The first-order chi connectivity index (χ1) is 8.99. The Balaban J connectivity index is 2.52. The number of rotatable bonds is 7. The van der Waals surface area contributed by atoms with Crippen molar-refractivity contribution in [1.82, 2.24) is 0 Å². The summed E-state index contributed by atoms with van der Waals surface area (Å²) < 4.78 is 5.13. The van der Waals surface area contributed by atoms with E-state index in [-0.39, 0.29) is 5.97 Å². The highest BCUT2D eigenvalue weighted by atomic mass is 28.3. The van der Waals surface area contributed by atoms with Crippen LogP contribution in [0.4, 0.5) is 0 Å². The van der Waals surface area contributed by atoms with Crippen molar-refractivity contribution in [2.45, 2.75) is 25.9 Å². The third-order valence-electron chi connectivity index (χ3n) is 3.31. The molecule has 0 amide bonds. The maximum Gasteiger partial charge on any atom is 0.333 e. The molecule has 1 unspecified atom stereocenters. The Labute approximate surface area is 116 Å². The minimum atomic E-state index is -1.65. The molecule has 1 aromatic rings. The molecule has 0 aliphatic rings. The van der Waals surface area contributed by atoms with Gasteiger partial charge in [-0.1, -0.05) is 54.3 Å². The Morgan fingerprint density at radius 3 is 2.53 bits per heavy atom. The lowest BCUT2D eigenvalue weighted by Crippen LogP contribution is -2.42. The fraction of sp³-hybridized carbons (Fsp3) is 0.312. The maximum atomic E-state index is 11.3. The molecule has 0 aromatic heterocycles. The third kappa shape index (κ3) is 4.52. The first kappa shape index (κ1) is 15.4. The Bertz CT molecular complexity index is 453. The fourth-order valence-corrected chi connectivity index (χ4v) is 4.47. The molecule has 2 nitrogen and oxygen atoms in total. The van der Waals surface area contributed by atoms with Crippen LogP contribution in [0.5, 0.6) is 0 Å². The van der Waals surface area contributed by atoms with Gasteiger partial charge in [0.2, 0.25) is 0 Å². The van der Waals surface area contributed by atoms with Gasteiger partial charge >= 0.3 is 5.97 Å². The lowest BCUT2D eigenvalue weighted by atomic mass is 10.4. The van der Waals surface area contributed by atoms with Crippen LogP contribution in [-0.2, 0) is 9.53 Å². The summed E-state index contributed by atoms with van der Waals surface area (Å²) in [7, 11) is -1.65. The van der Waals surface area contributed by atoms with Crippen LogP contribution in [-0.4, -0.2) is 20.7 Å². The Morgan fingerprint density at radius 1 is 1.37 bits per heavy atom. The second-order valence-corrected chi connectivity index (χ2v) is 9.33. The van der Waals surface area contributed by atoms with E-state index in [0.29, 0.717) is 12.2 Å². The van der Waals surface area contributed by atoms with Crippen LogP contribution in [0.3, 0.4) is 0 Å². The quantitative estimate of drug-likeness (QED) is 0.330. The summed E-state index contributed by atoms with van der Waals surface area (Å²) in [6.07, 6.45) is 0.864. The molecule has 3 heteroatoms. The van der Waals surface area contributed by atoms with Gasteiger partial charge in [0.15, 0.2) is 0 Å². The average molecular weight is 274 g/mol. The second-order valence-electron chi connectivity index (χ2n) is 5.01. The predicted octanol–water partition coefficient (Wildman–Crippen LogP) is 3.21. The molecule has 0 bridgehead atoms. The van der Waals surface area contributed by atoms with Gasteiger partial charge in [0.05, 0.1) is 6.61 Å². The van der Waals surface area contributed by atoms with E-state index in [1.54, 1.807) is 6.92 Å². The average Bonchev–Trinajstić information content (AvgIpc) is 2.43. The van der Waals surface area contributed by atoms with Crippen LogP contribution >= 0.6 is 0 Å². The first-order valence-electron chi connectivity index (χ1n) is 6.51. The highest BCUT2D eigenvalue weighted by molar-refractivity contribution is 6.94. The van der Waals surface area contributed by atoms with Gasteiger partial charge in [-0.15, -0.1) is 6.58 Å². The topological polar surface area (TPSA) is 26.3 Å². The molecule has 102 valence electrons. The smallest absolute Gasteiger partial charge is 0.333 e. The molecule has 1 aromatic carbocycles. The number of hydrogen-bond donors (Lipinski definition) is 0. The number of benzene rings is 1. The highest BCUT2D eigenvalue weighted by Crippen LogP contribution is 2.14. The second kappa shape index (κ2) is 7.09. The number of carbonyl (C=O) groups is 1. The van der Waals surface area contributed by atoms with E-state index < -0.39 is 8.07 Å². The van der Waals surface area contributed by atoms with Gasteiger partial charge in [0.1, 0.15) is 8.07 Å². The van der Waals surface area contributed by atoms with Crippen LogP contribution in [0.15, 0.2) is 54.8 Å². The zero-order valence-corrected chi connectivity index (χ0v) is 12.8. The Kier molecular flexibility index (Phi) is 5.77. The van der Waals surface area contributed by atoms with Crippen LogP contribution in [0.2, 0.25) is 12.6 Å². The summed E-state index contributed by atoms with van der Waals surface area (Å²) >= 11 is 0. The van der Waals surface area contributed by atoms with E-state index in [4.69, 9.17) is 4.74 Å². The van der Waals surface area contributed by atoms with E-state index in [2.05, 4.69) is 49.7 Å². The van der Waals surface area contributed by atoms with Crippen LogP contribution in [0.1, 0.15) is 13.3 Å². The predicted molar refractivity (Wildman–Crippen MR) is 83.1 cm³/mol. The fourth-order valence-electron chi connectivity index (χ4n) is 1.91. The minimum Gasteiger partial charge on any atom is -0.462 e. The van der Waals surface area contributed by atoms with Crippen molar-refractivity contribution >= 4 is 19.2 Å². The van der Waals surface area contributed by atoms with Gasteiger partial charge in [-0.3, -0.25) is 0 Å². The van der Waals surface area contributed by atoms with E-state index in [1.165, 1.54) is 5.19 Å². The summed E-state index contributed by atoms with van der Waals surface area (Å²) in [5, 5.41) is 1.37. The molecule has 0 N–H and O–H groups in total. The van der Waals surface area contributed by atoms with E-state index in [0.717, 1.165) is 12.5 Å². The SMILES string of the molecule is C=C[Si](C)(CCCOC(=O)C(=C)C)c1ccccc1. The minimum absolute atomic E-state index is 0.304. The number of ether oxygens (including phenoxy) is 1. The lowest BCUT2D eigenvalue weighted by Gasteiger charge is -2.23. The molecule has 0 spiro atoms. The van der Waals surface area contributed by atoms with Gasteiger partial charge in [-0.25, -0.2) is 4.79 Å². The van der Waals surface area contributed by atoms with Crippen molar-refractivity contribution < 1.29 is 9.53 Å². The number of esters is 1. The molecular formula is C16H22O2Si. The molecule has 1 rings (SSSR count). The van der Waals surface area contributed by atoms with Gasteiger partial charge in [0, 0.05) is 5.57 Å². The largest absolute Gasteiger partial charge is 0.462 e. The maximum absolute atomic E-state index is 11.3. The Morgan fingerprint density at radius 2 is 2.00 bits per heavy atom. The van der Waals surface area contributed by atoms with Crippen LogP contribution < -0.4 is 5.19 Å². The molecule has 19 heavy (non-hydrogen) atoms. The van der Waals surface area contributed by atoms with Crippen LogP contribution in [0, 0.1) is 0 Å². The molecular weight excluding hydrogens is 252 g/mol. The normalized spacial score (nSPS) is 13.4. The number of carbonyl (C=O) groups excluding carboxylic acids is 1. The summed E-state index contributed by atoms with van der Waals surface area (Å²) in [6.45, 7) is 12.0. The lowest BCUT2D eigenvalue weighted by molar-refractivity contribution is -0.138. The van der Waals surface area contributed by atoms with Gasteiger partial charge in [-0.05, 0) is 19.4 Å². The molecule has 0 aliphatic heterocycles. The first-order valence-corrected chi connectivity index (χ1v) is 9.30.